The van der Waals surface area contributed by atoms with Crippen LogP contribution in [-0.4, -0.2) is 24.4 Å². The molecule has 3 aromatic heterocycles. The van der Waals surface area contributed by atoms with Crippen molar-refractivity contribution in [3.05, 3.63) is 58.1 Å². The summed E-state index contributed by atoms with van der Waals surface area (Å²) in [6, 6.07) is 9.65. The van der Waals surface area contributed by atoms with E-state index in [9.17, 15) is 4.79 Å². The molecule has 0 spiro atoms. The SMILES string of the molecule is C[C@@H]1[C@H](C)CCC[C@@H]1n1ccc2c(nnc3c(-c4ccc(Cl)cc4)cnn32)c1=O. The third-order valence-corrected chi connectivity index (χ3v) is 6.72. The minimum Gasteiger partial charge on any atom is -0.310 e. The number of hydrogen-bond donors (Lipinski definition) is 0. The van der Waals surface area contributed by atoms with Gasteiger partial charge in [-0.3, -0.25) is 4.79 Å². The molecule has 4 aromatic rings. The molecule has 0 bridgehead atoms. The van der Waals surface area contributed by atoms with Gasteiger partial charge in [0.15, 0.2) is 11.2 Å². The van der Waals surface area contributed by atoms with Crippen molar-refractivity contribution in [2.75, 3.05) is 0 Å². The Balaban J connectivity index is 1.65. The molecule has 1 aliphatic rings. The zero-order valence-corrected chi connectivity index (χ0v) is 17.2. The van der Waals surface area contributed by atoms with Crippen molar-refractivity contribution in [2.45, 2.75) is 39.2 Å². The topological polar surface area (TPSA) is 65.1 Å². The summed E-state index contributed by atoms with van der Waals surface area (Å²) in [6.07, 6.45) is 7.04. The number of rotatable bonds is 2. The first-order chi connectivity index (χ1) is 14.0. The molecule has 6 nitrogen and oxygen atoms in total. The van der Waals surface area contributed by atoms with Gasteiger partial charge < -0.3 is 4.57 Å². The lowest BCUT2D eigenvalue weighted by Gasteiger charge is -2.35. The summed E-state index contributed by atoms with van der Waals surface area (Å²) in [6.45, 7) is 4.51. The molecule has 0 saturated heterocycles. The maximum absolute atomic E-state index is 13.2. The Morgan fingerprint density at radius 2 is 1.86 bits per heavy atom. The minimum atomic E-state index is -0.0913. The van der Waals surface area contributed by atoms with Crippen molar-refractivity contribution in [1.82, 2.24) is 24.4 Å². The van der Waals surface area contributed by atoms with Gasteiger partial charge in [-0.2, -0.15) is 5.10 Å². The average Bonchev–Trinajstić information content (AvgIpc) is 3.16. The Morgan fingerprint density at radius 1 is 1.07 bits per heavy atom. The van der Waals surface area contributed by atoms with E-state index in [-0.39, 0.29) is 11.6 Å². The molecular weight excluding hydrogens is 386 g/mol. The number of fused-ring (bicyclic) bond motifs is 3. The summed E-state index contributed by atoms with van der Waals surface area (Å²) < 4.78 is 3.55. The number of pyridine rings is 1. The van der Waals surface area contributed by atoms with Crippen LogP contribution in [0.1, 0.15) is 39.2 Å². The van der Waals surface area contributed by atoms with Gasteiger partial charge in [0.2, 0.25) is 0 Å². The highest BCUT2D eigenvalue weighted by Gasteiger charge is 2.29. The zero-order chi connectivity index (χ0) is 20.1. The summed E-state index contributed by atoms with van der Waals surface area (Å²) in [5.41, 5.74) is 3.37. The zero-order valence-electron chi connectivity index (χ0n) is 16.4. The van der Waals surface area contributed by atoms with E-state index in [1.165, 1.54) is 6.42 Å². The van der Waals surface area contributed by atoms with Crippen LogP contribution in [0.4, 0.5) is 0 Å². The van der Waals surface area contributed by atoms with Crippen molar-refractivity contribution >= 4 is 28.3 Å². The van der Waals surface area contributed by atoms with Crippen LogP contribution in [0.5, 0.6) is 0 Å². The molecule has 0 amide bonds. The van der Waals surface area contributed by atoms with E-state index in [4.69, 9.17) is 11.6 Å². The highest BCUT2D eigenvalue weighted by Crippen LogP contribution is 2.37. The van der Waals surface area contributed by atoms with Gasteiger partial charge in [0.1, 0.15) is 5.52 Å². The third-order valence-electron chi connectivity index (χ3n) is 6.47. The monoisotopic (exact) mass is 407 g/mol. The van der Waals surface area contributed by atoms with Crippen molar-refractivity contribution in [3.63, 3.8) is 0 Å². The van der Waals surface area contributed by atoms with Crippen LogP contribution >= 0.6 is 11.6 Å². The quantitative estimate of drug-likeness (QED) is 0.480. The fraction of sp³-hybridized carbons (Fsp3) is 0.364. The van der Waals surface area contributed by atoms with Gasteiger partial charge in [0, 0.05) is 22.8 Å². The molecule has 5 rings (SSSR count). The smallest absolute Gasteiger partial charge is 0.280 e. The molecular formula is C22H22ClN5O. The molecule has 3 heterocycles. The lowest BCUT2D eigenvalue weighted by atomic mass is 9.78. The molecule has 1 aliphatic carbocycles. The Kier molecular flexibility index (Phi) is 4.39. The molecule has 1 fully saturated rings. The molecule has 0 aliphatic heterocycles. The minimum absolute atomic E-state index is 0.0913. The first-order valence-corrected chi connectivity index (χ1v) is 10.4. The first kappa shape index (κ1) is 18.3. The number of nitrogens with zero attached hydrogens (tertiary/aromatic N) is 5. The van der Waals surface area contributed by atoms with Crippen LogP contribution in [0.15, 0.2) is 47.5 Å². The van der Waals surface area contributed by atoms with Crippen LogP contribution in [0.25, 0.3) is 27.8 Å². The van der Waals surface area contributed by atoms with E-state index in [1.54, 1.807) is 10.7 Å². The molecule has 29 heavy (non-hydrogen) atoms. The van der Waals surface area contributed by atoms with Crippen molar-refractivity contribution in [2.24, 2.45) is 11.8 Å². The van der Waals surface area contributed by atoms with E-state index in [0.29, 0.717) is 33.5 Å². The highest BCUT2D eigenvalue weighted by atomic mass is 35.5. The highest BCUT2D eigenvalue weighted by molar-refractivity contribution is 6.30. The van der Waals surface area contributed by atoms with Gasteiger partial charge in [0.05, 0.1) is 6.20 Å². The Hall–Kier alpha value is -2.73. The Morgan fingerprint density at radius 3 is 2.66 bits per heavy atom. The van der Waals surface area contributed by atoms with Crippen molar-refractivity contribution < 1.29 is 0 Å². The Labute approximate surface area is 173 Å². The second-order valence-corrected chi connectivity index (χ2v) is 8.53. The van der Waals surface area contributed by atoms with Gasteiger partial charge in [-0.25, -0.2) is 4.52 Å². The van der Waals surface area contributed by atoms with E-state index in [0.717, 1.165) is 24.0 Å². The first-order valence-electron chi connectivity index (χ1n) is 10.1. The number of aromatic nitrogens is 5. The largest absolute Gasteiger partial charge is 0.310 e. The predicted molar refractivity (Wildman–Crippen MR) is 114 cm³/mol. The lowest BCUT2D eigenvalue weighted by Crippen LogP contribution is -2.34. The summed E-state index contributed by atoms with van der Waals surface area (Å²) >= 11 is 6.00. The van der Waals surface area contributed by atoms with E-state index < -0.39 is 0 Å². The fourth-order valence-corrected chi connectivity index (χ4v) is 4.67. The molecule has 1 aromatic carbocycles. The molecule has 0 unspecified atom stereocenters. The number of hydrogen-bond acceptors (Lipinski definition) is 4. The molecule has 0 radical (unpaired) electrons. The molecule has 148 valence electrons. The maximum Gasteiger partial charge on any atom is 0.280 e. The predicted octanol–water partition coefficient (Wildman–Crippen LogP) is 4.76. The summed E-state index contributed by atoms with van der Waals surface area (Å²) in [5.74, 6) is 1.06. The van der Waals surface area contributed by atoms with Crippen LogP contribution in [-0.2, 0) is 0 Å². The second-order valence-electron chi connectivity index (χ2n) is 8.10. The van der Waals surface area contributed by atoms with Gasteiger partial charge in [-0.15, -0.1) is 10.2 Å². The van der Waals surface area contributed by atoms with Crippen LogP contribution in [0, 0.1) is 11.8 Å². The molecule has 7 heteroatoms. The Bertz CT molecular complexity index is 1260. The van der Waals surface area contributed by atoms with E-state index in [2.05, 4.69) is 29.1 Å². The fourth-order valence-electron chi connectivity index (χ4n) is 4.55. The van der Waals surface area contributed by atoms with Gasteiger partial charge >= 0.3 is 0 Å². The summed E-state index contributed by atoms with van der Waals surface area (Å²) in [4.78, 5) is 13.2. The van der Waals surface area contributed by atoms with Crippen LogP contribution in [0.2, 0.25) is 5.02 Å². The standard InChI is InChI=1S/C22H22ClN5O/c1-13-4-3-5-18(14(13)2)27-11-10-19-20(22(27)29)25-26-21-17(12-24-28(19)21)15-6-8-16(23)9-7-15/h6-14,18H,3-5H2,1-2H3/t13-,14-,18+/m1/s1. The average molecular weight is 408 g/mol. The molecule has 1 saturated carbocycles. The van der Waals surface area contributed by atoms with Crippen molar-refractivity contribution in [3.8, 4) is 11.1 Å². The van der Waals surface area contributed by atoms with Gasteiger partial charge in [-0.05, 0) is 42.0 Å². The van der Waals surface area contributed by atoms with Gasteiger partial charge in [-0.1, -0.05) is 50.4 Å². The summed E-state index contributed by atoms with van der Waals surface area (Å²) in [7, 11) is 0. The van der Waals surface area contributed by atoms with Crippen molar-refractivity contribution in [1.29, 1.82) is 0 Å². The number of benzene rings is 1. The number of halogens is 1. The van der Waals surface area contributed by atoms with Crippen LogP contribution in [0.3, 0.4) is 0 Å². The lowest BCUT2D eigenvalue weighted by molar-refractivity contribution is 0.183. The molecule has 3 atom stereocenters. The van der Waals surface area contributed by atoms with Gasteiger partial charge in [0.25, 0.3) is 5.56 Å². The second kappa shape index (κ2) is 6.95. The normalized spacial score (nSPS) is 22.4. The summed E-state index contributed by atoms with van der Waals surface area (Å²) in [5, 5.41) is 13.8. The van der Waals surface area contributed by atoms with E-state index in [1.807, 2.05) is 41.1 Å². The van der Waals surface area contributed by atoms with E-state index >= 15 is 0 Å². The molecule has 0 N–H and O–H groups in total. The third kappa shape index (κ3) is 2.94. The van der Waals surface area contributed by atoms with Crippen LogP contribution < -0.4 is 5.56 Å². The maximum atomic E-state index is 13.2.